The second-order valence-electron chi connectivity index (χ2n) is 5.95. The second kappa shape index (κ2) is 10.2. The fourth-order valence-corrected chi connectivity index (χ4v) is 3.11. The summed E-state index contributed by atoms with van der Waals surface area (Å²) in [5.41, 5.74) is -0.575. The number of nitrogens with zero attached hydrogens (tertiary/aromatic N) is 2. The van der Waals surface area contributed by atoms with Gasteiger partial charge in [0.1, 0.15) is 23.9 Å². The van der Waals surface area contributed by atoms with E-state index in [9.17, 15) is 19.7 Å². The summed E-state index contributed by atoms with van der Waals surface area (Å²) in [5.74, 6) is -1.29. The van der Waals surface area contributed by atoms with Gasteiger partial charge < -0.3 is 23.8 Å². The average Bonchev–Trinajstić information content (AvgIpc) is 2.72. The minimum atomic E-state index is -0.848. The lowest BCUT2D eigenvalue weighted by Crippen LogP contribution is -2.39. The van der Waals surface area contributed by atoms with Gasteiger partial charge in [-0.2, -0.15) is 0 Å². The number of ether oxygens (including phenoxy) is 4. The highest BCUT2D eigenvalue weighted by atomic mass is 79.9. The smallest absolute Gasteiger partial charge is 0.355 e. The van der Waals surface area contributed by atoms with Crippen molar-refractivity contribution in [3.05, 3.63) is 38.0 Å². The number of esters is 2. The lowest BCUT2D eigenvalue weighted by Gasteiger charge is -2.31. The molecule has 0 unspecified atom stereocenters. The normalized spacial score (nSPS) is 13.9. The van der Waals surface area contributed by atoms with E-state index >= 15 is 0 Å². The van der Waals surface area contributed by atoms with Crippen LogP contribution in [0, 0.1) is 10.1 Å². The molecule has 1 aromatic carbocycles. The molecule has 0 N–H and O–H groups in total. The van der Waals surface area contributed by atoms with Gasteiger partial charge in [-0.15, -0.1) is 0 Å². The molecule has 10 nitrogen and oxygen atoms in total. The van der Waals surface area contributed by atoms with E-state index in [1.807, 2.05) is 6.92 Å². The van der Waals surface area contributed by atoms with Crippen LogP contribution < -0.4 is 9.64 Å². The van der Waals surface area contributed by atoms with Crippen molar-refractivity contribution < 1.29 is 33.5 Å². The molecular formula is C18H21BrN2O8. The van der Waals surface area contributed by atoms with Crippen LogP contribution in [0.4, 0.5) is 11.4 Å². The Morgan fingerprint density at radius 3 is 2.55 bits per heavy atom. The van der Waals surface area contributed by atoms with Gasteiger partial charge in [0.2, 0.25) is 0 Å². The predicted octanol–water partition coefficient (Wildman–Crippen LogP) is 2.93. The summed E-state index contributed by atoms with van der Waals surface area (Å²) in [6.07, 6.45) is 1.71. The van der Waals surface area contributed by atoms with E-state index in [1.54, 1.807) is 0 Å². The Hall–Kier alpha value is -2.66. The van der Waals surface area contributed by atoms with Gasteiger partial charge in [0, 0.05) is 12.1 Å². The Kier molecular flexibility index (Phi) is 7.97. The molecule has 1 aliphatic heterocycles. The maximum absolute atomic E-state index is 12.4. The van der Waals surface area contributed by atoms with E-state index in [4.69, 9.17) is 18.9 Å². The van der Waals surface area contributed by atoms with Crippen LogP contribution in [-0.4, -0.2) is 51.0 Å². The van der Waals surface area contributed by atoms with Gasteiger partial charge in [0.15, 0.2) is 0 Å². The van der Waals surface area contributed by atoms with Crippen LogP contribution in [0.3, 0.4) is 0 Å². The third-order valence-electron chi connectivity index (χ3n) is 4.11. The van der Waals surface area contributed by atoms with Crippen molar-refractivity contribution >= 4 is 39.2 Å². The van der Waals surface area contributed by atoms with Gasteiger partial charge in [0.05, 0.1) is 42.4 Å². The molecule has 0 fully saturated rings. The predicted molar refractivity (Wildman–Crippen MR) is 106 cm³/mol. The third kappa shape index (κ3) is 5.04. The van der Waals surface area contributed by atoms with Crippen molar-refractivity contribution in [2.45, 2.75) is 19.8 Å². The molecule has 0 radical (unpaired) electrons. The van der Waals surface area contributed by atoms with Crippen LogP contribution in [0.2, 0.25) is 0 Å². The number of rotatable bonds is 8. The molecule has 158 valence electrons. The molecule has 0 aliphatic carbocycles. The van der Waals surface area contributed by atoms with E-state index in [0.717, 1.165) is 27.1 Å². The number of carbonyl (C=O) groups is 2. The number of hydrogen-bond donors (Lipinski definition) is 0. The number of nitro benzene ring substituents is 1. The fourth-order valence-electron chi connectivity index (χ4n) is 2.67. The summed E-state index contributed by atoms with van der Waals surface area (Å²) in [7, 11) is 2.30. The number of nitro groups is 1. The number of anilines is 1. The first kappa shape index (κ1) is 22.6. The van der Waals surface area contributed by atoms with Crippen LogP contribution in [-0.2, 0) is 23.8 Å². The van der Waals surface area contributed by atoms with Crippen molar-refractivity contribution in [1.82, 2.24) is 0 Å². The number of methoxy groups -OCH3 is 2. The van der Waals surface area contributed by atoms with Gasteiger partial charge in [-0.3, -0.25) is 10.1 Å². The second-order valence-corrected chi connectivity index (χ2v) is 6.80. The summed E-state index contributed by atoms with van der Waals surface area (Å²) in [4.78, 5) is 36.8. The molecule has 1 heterocycles. The minimum Gasteiger partial charge on any atom is -0.492 e. The van der Waals surface area contributed by atoms with Crippen molar-refractivity contribution in [2.75, 3.05) is 39.1 Å². The topological polar surface area (TPSA) is 117 Å². The maximum atomic E-state index is 12.4. The van der Waals surface area contributed by atoms with Gasteiger partial charge >= 0.3 is 11.9 Å². The van der Waals surface area contributed by atoms with Gasteiger partial charge in [0.25, 0.3) is 5.69 Å². The zero-order valence-corrected chi connectivity index (χ0v) is 17.8. The van der Waals surface area contributed by atoms with Gasteiger partial charge in [-0.05, 0) is 22.4 Å². The molecule has 0 bridgehead atoms. The van der Waals surface area contributed by atoms with E-state index in [0.29, 0.717) is 16.8 Å². The summed E-state index contributed by atoms with van der Waals surface area (Å²) in [6, 6.07) is 2.70. The molecule has 1 aliphatic rings. The molecule has 0 saturated carbocycles. The van der Waals surface area contributed by atoms with Crippen molar-refractivity contribution in [3.63, 3.8) is 0 Å². The fraction of sp³-hybridized carbons (Fsp3) is 0.444. The van der Waals surface area contributed by atoms with Crippen molar-refractivity contribution in [1.29, 1.82) is 0 Å². The summed E-state index contributed by atoms with van der Waals surface area (Å²) in [6.45, 7) is 2.02. The lowest BCUT2D eigenvalue weighted by molar-refractivity contribution is -0.384. The molecule has 0 saturated heterocycles. The molecule has 2 rings (SSSR count). The molecule has 29 heavy (non-hydrogen) atoms. The van der Waals surface area contributed by atoms with Crippen LogP contribution in [0.15, 0.2) is 27.9 Å². The molecule has 11 heteroatoms. The Morgan fingerprint density at radius 2 is 1.97 bits per heavy atom. The Morgan fingerprint density at radius 1 is 1.28 bits per heavy atom. The van der Waals surface area contributed by atoms with Gasteiger partial charge in [-0.1, -0.05) is 13.3 Å². The zero-order chi connectivity index (χ0) is 21.6. The van der Waals surface area contributed by atoms with Gasteiger partial charge in [-0.25, -0.2) is 9.59 Å². The first-order valence-corrected chi connectivity index (χ1v) is 9.50. The number of benzene rings is 1. The minimum absolute atomic E-state index is 0.0196. The summed E-state index contributed by atoms with van der Waals surface area (Å²) in [5, 5.41) is 11.7. The van der Waals surface area contributed by atoms with E-state index in [1.165, 1.54) is 17.0 Å². The first-order chi connectivity index (χ1) is 13.8. The van der Waals surface area contributed by atoms with E-state index < -0.39 is 16.9 Å². The van der Waals surface area contributed by atoms with Crippen molar-refractivity contribution in [2.24, 2.45) is 0 Å². The number of carbonyl (C=O) groups excluding carboxylic acids is 2. The highest BCUT2D eigenvalue weighted by Crippen LogP contribution is 2.41. The van der Waals surface area contributed by atoms with Crippen molar-refractivity contribution in [3.8, 4) is 5.75 Å². The molecule has 0 aromatic heterocycles. The highest BCUT2D eigenvalue weighted by molar-refractivity contribution is 9.10. The van der Waals surface area contributed by atoms with E-state index in [2.05, 4.69) is 15.9 Å². The summed E-state index contributed by atoms with van der Waals surface area (Å²) < 4.78 is 21.0. The lowest BCUT2D eigenvalue weighted by atomic mass is 10.1. The zero-order valence-electron chi connectivity index (χ0n) is 16.2. The van der Waals surface area contributed by atoms with Crippen LogP contribution in [0.25, 0.3) is 0 Å². The SMILES string of the molecule is CCCCOc1cc(N2COCC(C(=O)OC)=C2C(=O)OC)c([N+](=O)[O-])cc1Br. The first-order valence-electron chi connectivity index (χ1n) is 8.71. The number of unbranched alkanes of at least 4 members (excludes halogenated alkanes) is 1. The monoisotopic (exact) mass is 472 g/mol. The molecule has 0 spiro atoms. The number of hydrogen-bond acceptors (Lipinski definition) is 9. The maximum Gasteiger partial charge on any atom is 0.355 e. The Bertz CT molecular complexity index is 839. The third-order valence-corrected chi connectivity index (χ3v) is 4.72. The quantitative estimate of drug-likeness (QED) is 0.243. The Labute approximate surface area is 175 Å². The van der Waals surface area contributed by atoms with Crippen LogP contribution in [0.1, 0.15) is 19.8 Å². The molecule has 0 atom stereocenters. The standard InChI is InChI=1S/C18H21BrN2O8/c1-4-5-6-29-15-8-13(14(21(24)25)7-12(15)19)20-10-28-9-11(17(22)26-2)16(20)18(23)27-3/h7-8H,4-6,9-10H2,1-3H3. The molecule has 1 aromatic rings. The molecular weight excluding hydrogens is 452 g/mol. The highest BCUT2D eigenvalue weighted by Gasteiger charge is 2.36. The Balaban J connectivity index is 2.64. The number of halogens is 1. The molecule has 0 amide bonds. The van der Waals surface area contributed by atoms with Crippen LogP contribution >= 0.6 is 15.9 Å². The summed E-state index contributed by atoms with van der Waals surface area (Å²) >= 11 is 3.27. The average molecular weight is 473 g/mol. The van der Waals surface area contributed by atoms with Crippen LogP contribution in [0.5, 0.6) is 5.75 Å². The largest absolute Gasteiger partial charge is 0.492 e. The van der Waals surface area contributed by atoms with E-state index in [-0.39, 0.29) is 36.0 Å².